The number of rotatable bonds is 5. The van der Waals surface area contributed by atoms with Crippen molar-refractivity contribution in [1.29, 1.82) is 0 Å². The van der Waals surface area contributed by atoms with Crippen molar-refractivity contribution in [3.05, 3.63) is 29.3 Å². The molecule has 3 heteroatoms. The van der Waals surface area contributed by atoms with Crippen LogP contribution in [0.3, 0.4) is 0 Å². The van der Waals surface area contributed by atoms with Gasteiger partial charge >= 0.3 is 0 Å². The van der Waals surface area contributed by atoms with E-state index < -0.39 is 0 Å². The molecule has 0 aliphatic rings. The second-order valence-electron chi connectivity index (χ2n) is 4.73. The van der Waals surface area contributed by atoms with Crippen LogP contribution in [0.25, 0.3) is 0 Å². The van der Waals surface area contributed by atoms with Crippen molar-refractivity contribution in [2.75, 3.05) is 7.11 Å². The van der Waals surface area contributed by atoms with Gasteiger partial charge in [0.15, 0.2) is 0 Å². The summed E-state index contributed by atoms with van der Waals surface area (Å²) in [6.07, 6.45) is 0.345. The summed E-state index contributed by atoms with van der Waals surface area (Å²) in [5, 5.41) is 0. The van der Waals surface area contributed by atoms with E-state index in [9.17, 15) is 4.79 Å². The number of amides is 1. The van der Waals surface area contributed by atoms with E-state index in [1.807, 2.05) is 13.0 Å². The van der Waals surface area contributed by atoms with E-state index in [0.29, 0.717) is 12.3 Å². The first-order valence-corrected chi connectivity index (χ1v) is 5.91. The second-order valence-corrected chi connectivity index (χ2v) is 4.73. The minimum absolute atomic E-state index is 0.0844. The first-order valence-electron chi connectivity index (χ1n) is 5.91. The highest BCUT2D eigenvalue weighted by molar-refractivity contribution is 5.74. The monoisotopic (exact) mass is 235 g/mol. The van der Waals surface area contributed by atoms with Crippen molar-refractivity contribution in [1.82, 2.24) is 0 Å². The number of nitrogens with two attached hydrogens (primary N) is 1. The van der Waals surface area contributed by atoms with Crippen LogP contribution in [0.2, 0.25) is 0 Å². The third kappa shape index (κ3) is 3.48. The van der Waals surface area contributed by atoms with Gasteiger partial charge in [-0.05, 0) is 29.0 Å². The predicted octanol–water partition coefficient (Wildman–Crippen LogP) is 2.80. The van der Waals surface area contributed by atoms with Crippen molar-refractivity contribution >= 4 is 5.91 Å². The van der Waals surface area contributed by atoms with Crippen molar-refractivity contribution < 1.29 is 9.53 Å². The van der Waals surface area contributed by atoms with Crippen molar-refractivity contribution in [2.45, 2.75) is 39.0 Å². The molecule has 1 unspecified atom stereocenters. The number of hydrogen-bond donors (Lipinski definition) is 1. The molecule has 2 N–H and O–H groups in total. The zero-order valence-electron chi connectivity index (χ0n) is 11.0. The van der Waals surface area contributed by atoms with Crippen molar-refractivity contribution in [3.63, 3.8) is 0 Å². The number of primary amides is 1. The first kappa shape index (κ1) is 13.6. The number of methoxy groups -OCH3 is 1. The lowest BCUT2D eigenvalue weighted by Crippen LogP contribution is -2.14. The van der Waals surface area contributed by atoms with Crippen LogP contribution in [0.1, 0.15) is 50.2 Å². The quantitative estimate of drug-likeness (QED) is 0.853. The Balaban J connectivity index is 3.09. The molecule has 1 amide bonds. The summed E-state index contributed by atoms with van der Waals surface area (Å²) >= 11 is 0. The molecule has 94 valence electrons. The van der Waals surface area contributed by atoms with Crippen LogP contribution in [0.5, 0.6) is 5.75 Å². The Bertz CT molecular complexity index is 399. The average Bonchev–Trinajstić information content (AvgIpc) is 2.27. The van der Waals surface area contributed by atoms with Gasteiger partial charge in [-0.1, -0.05) is 32.9 Å². The minimum Gasteiger partial charge on any atom is -0.496 e. The molecule has 0 saturated carbocycles. The third-order valence-corrected chi connectivity index (χ3v) is 2.96. The summed E-state index contributed by atoms with van der Waals surface area (Å²) in [7, 11) is 1.64. The molecule has 0 spiro atoms. The Morgan fingerprint density at radius 1 is 1.35 bits per heavy atom. The molecular formula is C14H21NO2. The molecule has 3 nitrogen and oxygen atoms in total. The van der Waals surface area contributed by atoms with Gasteiger partial charge in [0, 0.05) is 6.42 Å². The third-order valence-electron chi connectivity index (χ3n) is 2.96. The molecule has 0 saturated heterocycles. The van der Waals surface area contributed by atoms with Crippen molar-refractivity contribution in [2.24, 2.45) is 5.73 Å². The van der Waals surface area contributed by atoms with Gasteiger partial charge in [-0.3, -0.25) is 4.79 Å². The normalized spacial score (nSPS) is 12.5. The fraction of sp³-hybridized carbons (Fsp3) is 0.500. The van der Waals surface area contributed by atoms with Gasteiger partial charge in [-0.25, -0.2) is 0 Å². The molecule has 1 aromatic rings. The number of carbonyl (C=O) groups is 1. The van der Waals surface area contributed by atoms with E-state index in [1.165, 1.54) is 5.56 Å². The Morgan fingerprint density at radius 3 is 2.47 bits per heavy atom. The highest BCUT2D eigenvalue weighted by Crippen LogP contribution is 2.31. The van der Waals surface area contributed by atoms with Crippen molar-refractivity contribution in [3.8, 4) is 5.75 Å². The number of carbonyl (C=O) groups excluding carboxylic acids is 1. The number of ether oxygens (including phenoxy) is 1. The Kier molecular flexibility index (Phi) is 4.55. The highest BCUT2D eigenvalue weighted by Gasteiger charge is 2.15. The first-order chi connectivity index (χ1) is 7.95. The Labute approximate surface area is 103 Å². The van der Waals surface area contributed by atoms with Crippen LogP contribution >= 0.6 is 0 Å². The zero-order chi connectivity index (χ0) is 13.0. The average molecular weight is 235 g/mol. The van der Waals surface area contributed by atoms with Gasteiger partial charge in [-0.15, -0.1) is 0 Å². The molecule has 0 bridgehead atoms. The standard InChI is InChI=1S/C14H21NO2/c1-9(2)11-5-6-13(17-4)12(8-11)10(3)7-14(15)16/h5-6,8-10H,7H2,1-4H3,(H2,15,16). The van der Waals surface area contributed by atoms with Gasteiger partial charge in [0.1, 0.15) is 5.75 Å². The molecule has 17 heavy (non-hydrogen) atoms. The zero-order valence-corrected chi connectivity index (χ0v) is 11.0. The molecule has 0 fully saturated rings. The summed E-state index contributed by atoms with van der Waals surface area (Å²) in [5.74, 6) is 1.08. The van der Waals surface area contributed by atoms with Gasteiger partial charge in [0.05, 0.1) is 7.11 Å². The number of benzene rings is 1. The van der Waals surface area contributed by atoms with Gasteiger partial charge in [0.25, 0.3) is 0 Å². The Hall–Kier alpha value is -1.51. The fourth-order valence-electron chi connectivity index (χ4n) is 1.91. The van der Waals surface area contributed by atoms with E-state index in [-0.39, 0.29) is 11.8 Å². The van der Waals surface area contributed by atoms with Crippen LogP contribution in [-0.2, 0) is 4.79 Å². The maximum absolute atomic E-state index is 11.0. The smallest absolute Gasteiger partial charge is 0.218 e. The molecular weight excluding hydrogens is 214 g/mol. The molecule has 1 atom stereocenters. The van der Waals surface area contributed by atoms with E-state index in [1.54, 1.807) is 7.11 Å². The molecule has 1 rings (SSSR count). The molecule has 1 aromatic carbocycles. The van der Waals surface area contributed by atoms with Crippen LogP contribution in [0, 0.1) is 0 Å². The molecule has 0 radical (unpaired) electrons. The summed E-state index contributed by atoms with van der Waals surface area (Å²) in [6, 6.07) is 6.13. The SMILES string of the molecule is COc1ccc(C(C)C)cc1C(C)CC(N)=O. The predicted molar refractivity (Wildman–Crippen MR) is 69.3 cm³/mol. The fourth-order valence-corrected chi connectivity index (χ4v) is 1.91. The molecule has 0 heterocycles. The lowest BCUT2D eigenvalue weighted by atomic mass is 9.92. The summed E-state index contributed by atoms with van der Waals surface area (Å²) in [5.41, 5.74) is 7.54. The van der Waals surface area contributed by atoms with E-state index in [0.717, 1.165) is 11.3 Å². The lowest BCUT2D eigenvalue weighted by Gasteiger charge is -2.17. The van der Waals surface area contributed by atoms with E-state index in [2.05, 4.69) is 26.0 Å². The molecule has 0 aliphatic carbocycles. The summed E-state index contributed by atoms with van der Waals surface area (Å²) in [6.45, 7) is 6.28. The van der Waals surface area contributed by atoms with Gasteiger partial charge < -0.3 is 10.5 Å². The van der Waals surface area contributed by atoms with Gasteiger partial charge in [-0.2, -0.15) is 0 Å². The largest absolute Gasteiger partial charge is 0.496 e. The molecule has 0 aromatic heterocycles. The second kappa shape index (κ2) is 5.71. The summed E-state index contributed by atoms with van der Waals surface area (Å²) in [4.78, 5) is 11.0. The Morgan fingerprint density at radius 2 is 2.00 bits per heavy atom. The highest BCUT2D eigenvalue weighted by atomic mass is 16.5. The summed E-state index contributed by atoms with van der Waals surface area (Å²) < 4.78 is 5.33. The maximum Gasteiger partial charge on any atom is 0.218 e. The lowest BCUT2D eigenvalue weighted by molar-refractivity contribution is -0.118. The van der Waals surface area contributed by atoms with E-state index >= 15 is 0 Å². The van der Waals surface area contributed by atoms with Gasteiger partial charge in [0.2, 0.25) is 5.91 Å². The van der Waals surface area contributed by atoms with Crippen LogP contribution in [0.15, 0.2) is 18.2 Å². The molecule has 0 aliphatic heterocycles. The van der Waals surface area contributed by atoms with E-state index in [4.69, 9.17) is 10.5 Å². The minimum atomic E-state index is -0.283. The number of hydrogen-bond acceptors (Lipinski definition) is 2. The topological polar surface area (TPSA) is 52.3 Å². The van der Waals surface area contributed by atoms with Crippen LogP contribution < -0.4 is 10.5 Å². The van der Waals surface area contributed by atoms with Crippen LogP contribution in [0.4, 0.5) is 0 Å². The van der Waals surface area contributed by atoms with Crippen LogP contribution in [-0.4, -0.2) is 13.0 Å². The maximum atomic E-state index is 11.0.